The summed E-state index contributed by atoms with van der Waals surface area (Å²) in [5, 5.41) is 10.5. The highest BCUT2D eigenvalue weighted by Gasteiger charge is 2.33. The van der Waals surface area contributed by atoms with Crippen molar-refractivity contribution in [2.24, 2.45) is 17.6 Å². The molecule has 0 bridgehead atoms. The van der Waals surface area contributed by atoms with E-state index in [0.717, 1.165) is 38.3 Å². The molecule has 1 aliphatic carbocycles. The first kappa shape index (κ1) is 15.2. The Kier molecular flexibility index (Phi) is 5.23. The second-order valence-corrected chi connectivity index (χ2v) is 6.88. The van der Waals surface area contributed by atoms with E-state index in [4.69, 9.17) is 10.5 Å². The molecular formula is C15H30N2O2. The van der Waals surface area contributed by atoms with E-state index in [1.54, 1.807) is 0 Å². The number of nitrogens with two attached hydrogens (primary N) is 1. The molecule has 112 valence electrons. The van der Waals surface area contributed by atoms with E-state index in [2.05, 4.69) is 18.9 Å². The van der Waals surface area contributed by atoms with Crippen LogP contribution in [0.1, 0.15) is 39.0 Å². The van der Waals surface area contributed by atoms with Crippen LogP contribution in [0.15, 0.2) is 0 Å². The minimum absolute atomic E-state index is 0.336. The molecule has 0 aromatic carbocycles. The lowest BCUT2D eigenvalue weighted by Crippen LogP contribution is -2.49. The van der Waals surface area contributed by atoms with Crippen LogP contribution in [0.25, 0.3) is 0 Å². The molecule has 1 aliphatic heterocycles. The third kappa shape index (κ3) is 4.42. The Morgan fingerprint density at radius 1 is 1.32 bits per heavy atom. The van der Waals surface area contributed by atoms with Gasteiger partial charge >= 0.3 is 0 Å². The van der Waals surface area contributed by atoms with Gasteiger partial charge in [-0.3, -0.25) is 0 Å². The predicted octanol–water partition coefficient (Wildman–Crippen LogP) is 1.22. The molecule has 0 aromatic rings. The molecule has 4 nitrogen and oxygen atoms in total. The second kappa shape index (κ2) is 6.53. The molecule has 0 amide bonds. The number of nitrogens with zero attached hydrogens (tertiary/aromatic N) is 1. The minimum Gasteiger partial charge on any atom is -0.388 e. The van der Waals surface area contributed by atoms with Gasteiger partial charge in [0.15, 0.2) is 0 Å². The molecule has 2 fully saturated rings. The Hall–Kier alpha value is -0.160. The van der Waals surface area contributed by atoms with Crippen molar-refractivity contribution >= 4 is 0 Å². The molecule has 19 heavy (non-hydrogen) atoms. The van der Waals surface area contributed by atoms with Gasteiger partial charge in [0.05, 0.1) is 5.60 Å². The van der Waals surface area contributed by atoms with Gasteiger partial charge in [-0.05, 0) is 38.1 Å². The highest BCUT2D eigenvalue weighted by Crippen LogP contribution is 2.29. The normalized spacial score (nSPS) is 35.5. The van der Waals surface area contributed by atoms with Gasteiger partial charge in [-0.25, -0.2) is 0 Å². The SMILES string of the molecule is CC1CCC(N)C(CN(C)CC2(O)CCOCC2)C1. The van der Waals surface area contributed by atoms with Crippen LogP contribution in [0, 0.1) is 11.8 Å². The molecule has 0 aromatic heterocycles. The zero-order valence-corrected chi connectivity index (χ0v) is 12.5. The van der Waals surface area contributed by atoms with Crippen molar-refractivity contribution in [3.05, 3.63) is 0 Å². The summed E-state index contributed by atoms with van der Waals surface area (Å²) in [5.41, 5.74) is 5.69. The second-order valence-electron chi connectivity index (χ2n) is 6.88. The maximum atomic E-state index is 10.5. The van der Waals surface area contributed by atoms with Crippen molar-refractivity contribution in [2.45, 2.75) is 50.7 Å². The molecule has 3 unspecified atom stereocenters. The Labute approximate surface area is 117 Å². The average Bonchev–Trinajstić information content (AvgIpc) is 2.34. The Balaban J connectivity index is 1.81. The number of hydrogen-bond acceptors (Lipinski definition) is 4. The standard InChI is InChI=1S/C15H30N2O2/c1-12-3-4-14(16)13(9-12)10-17(2)11-15(18)5-7-19-8-6-15/h12-14,18H,3-11,16H2,1-2H3. The van der Waals surface area contributed by atoms with Crippen LogP contribution in [0.2, 0.25) is 0 Å². The van der Waals surface area contributed by atoms with Crippen LogP contribution in [0.5, 0.6) is 0 Å². The van der Waals surface area contributed by atoms with Crippen LogP contribution in [0.3, 0.4) is 0 Å². The monoisotopic (exact) mass is 270 g/mol. The van der Waals surface area contributed by atoms with Gasteiger partial charge < -0.3 is 20.5 Å². The lowest BCUT2D eigenvalue weighted by molar-refractivity contribution is -0.0788. The lowest BCUT2D eigenvalue weighted by Gasteiger charge is -2.39. The van der Waals surface area contributed by atoms with Gasteiger partial charge in [-0.2, -0.15) is 0 Å². The summed E-state index contributed by atoms with van der Waals surface area (Å²) in [6.07, 6.45) is 5.16. The maximum Gasteiger partial charge on any atom is 0.0817 e. The molecule has 2 rings (SSSR count). The van der Waals surface area contributed by atoms with Crippen LogP contribution < -0.4 is 5.73 Å². The first-order valence-corrected chi connectivity index (χ1v) is 7.73. The molecular weight excluding hydrogens is 240 g/mol. The molecule has 1 saturated carbocycles. The van der Waals surface area contributed by atoms with Gasteiger partial charge in [0.1, 0.15) is 0 Å². The van der Waals surface area contributed by atoms with Gasteiger partial charge in [0, 0.05) is 45.2 Å². The Bertz CT molecular complexity index is 279. The molecule has 0 spiro atoms. The van der Waals surface area contributed by atoms with Gasteiger partial charge in [-0.1, -0.05) is 6.92 Å². The molecule has 2 aliphatic rings. The van der Waals surface area contributed by atoms with Gasteiger partial charge in [0.2, 0.25) is 0 Å². The average molecular weight is 270 g/mol. The molecule has 3 N–H and O–H groups in total. The summed E-state index contributed by atoms with van der Waals surface area (Å²) in [5.74, 6) is 1.38. The number of hydrogen-bond donors (Lipinski definition) is 2. The molecule has 4 heteroatoms. The minimum atomic E-state index is -0.558. The fourth-order valence-electron chi connectivity index (χ4n) is 3.61. The summed E-state index contributed by atoms with van der Waals surface area (Å²) in [6.45, 7) is 5.45. The van der Waals surface area contributed by atoms with Crippen LogP contribution in [-0.2, 0) is 4.74 Å². The maximum absolute atomic E-state index is 10.5. The first-order chi connectivity index (χ1) is 8.98. The number of ether oxygens (including phenoxy) is 1. The number of aliphatic hydroxyl groups is 1. The third-order valence-electron chi connectivity index (χ3n) is 4.84. The smallest absolute Gasteiger partial charge is 0.0817 e. The number of rotatable bonds is 4. The topological polar surface area (TPSA) is 58.7 Å². The van der Waals surface area contributed by atoms with Crippen molar-refractivity contribution in [3.63, 3.8) is 0 Å². The van der Waals surface area contributed by atoms with Crippen molar-refractivity contribution in [2.75, 3.05) is 33.4 Å². The van der Waals surface area contributed by atoms with Crippen LogP contribution in [-0.4, -0.2) is 55.0 Å². The molecule has 1 heterocycles. The van der Waals surface area contributed by atoms with Gasteiger partial charge in [0.25, 0.3) is 0 Å². The first-order valence-electron chi connectivity index (χ1n) is 7.73. The van der Waals surface area contributed by atoms with E-state index in [1.165, 1.54) is 12.8 Å². The Morgan fingerprint density at radius 3 is 2.68 bits per heavy atom. The van der Waals surface area contributed by atoms with Crippen molar-refractivity contribution < 1.29 is 9.84 Å². The van der Waals surface area contributed by atoms with Crippen LogP contribution in [0.4, 0.5) is 0 Å². The molecule has 1 saturated heterocycles. The summed E-state index contributed by atoms with van der Waals surface area (Å²) in [6, 6.07) is 0.336. The van der Waals surface area contributed by atoms with E-state index in [0.29, 0.717) is 25.2 Å². The van der Waals surface area contributed by atoms with E-state index in [-0.39, 0.29) is 0 Å². The summed E-state index contributed by atoms with van der Waals surface area (Å²) >= 11 is 0. The summed E-state index contributed by atoms with van der Waals surface area (Å²) < 4.78 is 5.33. The van der Waals surface area contributed by atoms with Crippen molar-refractivity contribution in [3.8, 4) is 0 Å². The summed E-state index contributed by atoms with van der Waals surface area (Å²) in [7, 11) is 2.11. The zero-order chi connectivity index (χ0) is 13.9. The quantitative estimate of drug-likeness (QED) is 0.806. The highest BCUT2D eigenvalue weighted by atomic mass is 16.5. The zero-order valence-electron chi connectivity index (χ0n) is 12.5. The highest BCUT2D eigenvalue weighted by molar-refractivity contribution is 4.87. The fourth-order valence-corrected chi connectivity index (χ4v) is 3.61. The van der Waals surface area contributed by atoms with Gasteiger partial charge in [-0.15, -0.1) is 0 Å². The van der Waals surface area contributed by atoms with E-state index >= 15 is 0 Å². The van der Waals surface area contributed by atoms with Crippen molar-refractivity contribution in [1.82, 2.24) is 4.90 Å². The van der Waals surface area contributed by atoms with Crippen LogP contribution >= 0.6 is 0 Å². The van der Waals surface area contributed by atoms with E-state index in [1.807, 2.05) is 0 Å². The Morgan fingerprint density at radius 2 is 2.00 bits per heavy atom. The van der Waals surface area contributed by atoms with Crippen molar-refractivity contribution in [1.29, 1.82) is 0 Å². The number of likely N-dealkylation sites (N-methyl/N-ethyl adjacent to an activating group) is 1. The lowest BCUT2D eigenvalue weighted by atomic mass is 9.79. The summed E-state index contributed by atoms with van der Waals surface area (Å²) in [4.78, 5) is 2.27. The van der Waals surface area contributed by atoms with E-state index < -0.39 is 5.60 Å². The molecule has 3 atom stereocenters. The molecule has 0 radical (unpaired) electrons. The third-order valence-corrected chi connectivity index (χ3v) is 4.84. The van der Waals surface area contributed by atoms with E-state index in [9.17, 15) is 5.11 Å². The predicted molar refractivity (Wildman–Crippen MR) is 77.0 cm³/mol. The largest absolute Gasteiger partial charge is 0.388 e. The fraction of sp³-hybridized carbons (Fsp3) is 1.00.